The van der Waals surface area contributed by atoms with E-state index in [1.807, 2.05) is 0 Å². The molecular weight excluding hydrogens is 264 g/mol. The summed E-state index contributed by atoms with van der Waals surface area (Å²) in [6, 6.07) is 1.19. The fourth-order valence-electron chi connectivity index (χ4n) is 1.72. The van der Waals surface area contributed by atoms with Gasteiger partial charge in [0, 0.05) is 18.4 Å². The summed E-state index contributed by atoms with van der Waals surface area (Å²) >= 11 is 5.84. The van der Waals surface area contributed by atoms with Crippen molar-refractivity contribution >= 4 is 27.3 Å². The number of carbonyl (C=O) groups is 1. The molecule has 1 atom stereocenters. The van der Waals surface area contributed by atoms with Crippen LogP contribution in [-0.2, 0) is 9.84 Å². The Morgan fingerprint density at radius 3 is 2.88 bits per heavy atom. The van der Waals surface area contributed by atoms with E-state index in [0.29, 0.717) is 11.4 Å². The first kappa shape index (κ1) is 12.3. The zero-order valence-corrected chi connectivity index (χ0v) is 10.5. The van der Waals surface area contributed by atoms with E-state index in [2.05, 4.69) is 10.3 Å². The number of nitrogens with zero attached hydrogens (tertiary/aromatic N) is 1. The number of nitrogens with one attached hydrogen (secondary N) is 1. The summed E-state index contributed by atoms with van der Waals surface area (Å²) < 4.78 is 22.5. The minimum atomic E-state index is -3.00. The first-order valence-electron chi connectivity index (χ1n) is 5.09. The Bertz CT molecular complexity index is 544. The van der Waals surface area contributed by atoms with Crippen LogP contribution in [0.3, 0.4) is 0 Å². The Morgan fingerprint density at radius 2 is 2.29 bits per heavy atom. The van der Waals surface area contributed by atoms with Gasteiger partial charge in [0.05, 0.1) is 22.1 Å². The Hall–Kier alpha value is -1.14. The molecule has 1 aromatic rings. The van der Waals surface area contributed by atoms with E-state index < -0.39 is 9.84 Å². The largest absolute Gasteiger partial charge is 0.348 e. The van der Waals surface area contributed by atoms with Crippen LogP contribution < -0.4 is 5.32 Å². The lowest BCUT2D eigenvalue weighted by molar-refractivity contribution is 0.0941. The molecule has 1 saturated heterocycles. The number of carbonyl (C=O) groups excluding carboxylic acids is 1. The van der Waals surface area contributed by atoms with Crippen molar-refractivity contribution in [1.82, 2.24) is 10.3 Å². The first-order chi connectivity index (χ1) is 7.98. The highest BCUT2D eigenvalue weighted by atomic mass is 35.5. The van der Waals surface area contributed by atoms with Gasteiger partial charge in [-0.1, -0.05) is 11.6 Å². The standard InChI is InChI=1S/C10H11ClN2O3S/c11-9-1-3-12-5-8(9)10(14)13-7-2-4-17(15,16)6-7/h1,3,5,7H,2,4,6H2,(H,13,14). The number of halogens is 1. The third-order valence-electron chi connectivity index (χ3n) is 2.58. The summed E-state index contributed by atoms with van der Waals surface area (Å²) in [7, 11) is -3.00. The van der Waals surface area contributed by atoms with Gasteiger partial charge in [0.15, 0.2) is 9.84 Å². The van der Waals surface area contributed by atoms with Crippen molar-refractivity contribution in [1.29, 1.82) is 0 Å². The van der Waals surface area contributed by atoms with Crippen molar-refractivity contribution in [3.63, 3.8) is 0 Å². The van der Waals surface area contributed by atoms with Crippen LogP contribution in [0.25, 0.3) is 0 Å². The van der Waals surface area contributed by atoms with Crippen molar-refractivity contribution in [3.8, 4) is 0 Å². The SMILES string of the molecule is O=C(NC1CCS(=O)(=O)C1)c1cnccc1Cl. The minimum absolute atomic E-state index is 0.00335. The zero-order chi connectivity index (χ0) is 12.5. The highest BCUT2D eigenvalue weighted by Gasteiger charge is 2.29. The van der Waals surface area contributed by atoms with Crippen LogP contribution in [0.4, 0.5) is 0 Å². The van der Waals surface area contributed by atoms with Gasteiger partial charge in [-0.2, -0.15) is 0 Å². The summed E-state index contributed by atoms with van der Waals surface area (Å²) in [5, 5.41) is 2.95. The molecule has 0 radical (unpaired) electrons. The average molecular weight is 275 g/mol. The van der Waals surface area contributed by atoms with E-state index in [1.54, 1.807) is 0 Å². The normalized spacial score (nSPS) is 22.3. The molecule has 92 valence electrons. The fraction of sp³-hybridized carbons (Fsp3) is 0.400. The van der Waals surface area contributed by atoms with Gasteiger partial charge in [0.25, 0.3) is 5.91 Å². The number of aromatic nitrogens is 1. The van der Waals surface area contributed by atoms with E-state index in [4.69, 9.17) is 11.6 Å². The number of amides is 1. The van der Waals surface area contributed by atoms with Crippen molar-refractivity contribution < 1.29 is 13.2 Å². The van der Waals surface area contributed by atoms with Crippen LogP contribution >= 0.6 is 11.6 Å². The molecule has 0 spiro atoms. The van der Waals surface area contributed by atoms with E-state index in [-0.39, 0.29) is 29.0 Å². The Balaban J connectivity index is 2.06. The summed E-state index contributed by atoms with van der Waals surface area (Å²) in [6.07, 6.45) is 3.30. The molecular formula is C10H11ClN2O3S. The molecule has 7 heteroatoms. The molecule has 0 bridgehead atoms. The molecule has 17 heavy (non-hydrogen) atoms. The number of sulfone groups is 1. The molecule has 0 saturated carbocycles. The Morgan fingerprint density at radius 1 is 1.53 bits per heavy atom. The molecule has 2 rings (SSSR count). The van der Waals surface area contributed by atoms with Gasteiger partial charge in [-0.3, -0.25) is 9.78 Å². The van der Waals surface area contributed by atoms with E-state index >= 15 is 0 Å². The third kappa shape index (κ3) is 2.95. The summed E-state index contributed by atoms with van der Waals surface area (Å²) in [4.78, 5) is 15.6. The monoisotopic (exact) mass is 274 g/mol. The molecule has 1 amide bonds. The summed E-state index contributed by atoms with van der Waals surface area (Å²) in [5.41, 5.74) is 0.262. The Kier molecular flexibility index (Phi) is 3.35. The van der Waals surface area contributed by atoms with Crippen LogP contribution in [0.5, 0.6) is 0 Å². The minimum Gasteiger partial charge on any atom is -0.348 e. The Labute approximate surface area is 104 Å². The quantitative estimate of drug-likeness (QED) is 0.859. The van der Waals surface area contributed by atoms with Crippen LogP contribution in [0.15, 0.2) is 18.5 Å². The van der Waals surface area contributed by atoms with Crippen LogP contribution in [0.1, 0.15) is 16.8 Å². The molecule has 2 heterocycles. The number of hydrogen-bond donors (Lipinski definition) is 1. The van der Waals surface area contributed by atoms with E-state index in [1.165, 1.54) is 18.5 Å². The van der Waals surface area contributed by atoms with E-state index in [0.717, 1.165) is 0 Å². The van der Waals surface area contributed by atoms with Crippen molar-refractivity contribution in [2.24, 2.45) is 0 Å². The first-order valence-corrected chi connectivity index (χ1v) is 7.29. The maximum absolute atomic E-state index is 11.8. The van der Waals surface area contributed by atoms with Crippen LogP contribution in [-0.4, -0.2) is 36.9 Å². The van der Waals surface area contributed by atoms with Gasteiger partial charge < -0.3 is 5.32 Å². The van der Waals surface area contributed by atoms with Crippen LogP contribution in [0, 0.1) is 0 Å². The maximum Gasteiger partial charge on any atom is 0.254 e. The lowest BCUT2D eigenvalue weighted by Crippen LogP contribution is -2.35. The number of rotatable bonds is 2. The smallest absolute Gasteiger partial charge is 0.254 e. The zero-order valence-electron chi connectivity index (χ0n) is 8.89. The van der Waals surface area contributed by atoms with Gasteiger partial charge in [0.1, 0.15) is 0 Å². The molecule has 1 N–H and O–H groups in total. The van der Waals surface area contributed by atoms with E-state index in [9.17, 15) is 13.2 Å². The average Bonchev–Trinajstić information content (AvgIpc) is 2.58. The molecule has 1 aromatic heterocycles. The maximum atomic E-state index is 11.8. The fourth-order valence-corrected chi connectivity index (χ4v) is 3.58. The topological polar surface area (TPSA) is 76.1 Å². The van der Waals surface area contributed by atoms with Crippen molar-refractivity contribution in [2.75, 3.05) is 11.5 Å². The highest BCUT2D eigenvalue weighted by molar-refractivity contribution is 7.91. The molecule has 0 aromatic carbocycles. The summed E-state index contributed by atoms with van der Waals surface area (Å²) in [6.45, 7) is 0. The lowest BCUT2D eigenvalue weighted by Gasteiger charge is -2.11. The highest BCUT2D eigenvalue weighted by Crippen LogP contribution is 2.16. The van der Waals surface area contributed by atoms with Gasteiger partial charge in [0.2, 0.25) is 0 Å². The van der Waals surface area contributed by atoms with Gasteiger partial charge in [-0.15, -0.1) is 0 Å². The predicted molar refractivity (Wildman–Crippen MR) is 63.8 cm³/mol. The molecule has 1 aliphatic rings. The van der Waals surface area contributed by atoms with Gasteiger partial charge >= 0.3 is 0 Å². The predicted octanol–water partition coefficient (Wildman–Crippen LogP) is 0.652. The molecule has 1 aliphatic heterocycles. The second-order valence-electron chi connectivity index (χ2n) is 3.93. The van der Waals surface area contributed by atoms with Crippen molar-refractivity contribution in [2.45, 2.75) is 12.5 Å². The second kappa shape index (κ2) is 4.62. The lowest BCUT2D eigenvalue weighted by atomic mass is 10.2. The molecule has 0 aliphatic carbocycles. The molecule has 5 nitrogen and oxygen atoms in total. The molecule has 1 unspecified atom stereocenters. The van der Waals surface area contributed by atoms with Gasteiger partial charge in [-0.25, -0.2) is 8.42 Å². The van der Waals surface area contributed by atoms with Crippen molar-refractivity contribution in [3.05, 3.63) is 29.0 Å². The number of hydrogen-bond acceptors (Lipinski definition) is 4. The number of pyridine rings is 1. The van der Waals surface area contributed by atoms with Gasteiger partial charge in [-0.05, 0) is 12.5 Å². The molecule has 1 fully saturated rings. The third-order valence-corrected chi connectivity index (χ3v) is 4.68. The second-order valence-corrected chi connectivity index (χ2v) is 6.56. The summed E-state index contributed by atoms with van der Waals surface area (Å²) in [5.74, 6) is -0.264. The van der Waals surface area contributed by atoms with Crippen LogP contribution in [0.2, 0.25) is 5.02 Å².